The Kier molecular flexibility index (Phi) is 5.05. The molecular formula is C15H31N3. The number of hydrogen-bond acceptors (Lipinski definition) is 3. The van der Waals surface area contributed by atoms with Crippen molar-refractivity contribution in [2.45, 2.75) is 45.6 Å². The van der Waals surface area contributed by atoms with Crippen molar-refractivity contribution >= 4 is 0 Å². The Labute approximate surface area is 113 Å². The number of nitrogens with zero attached hydrogens (tertiary/aromatic N) is 2. The molecule has 1 unspecified atom stereocenters. The average molecular weight is 253 g/mol. The highest BCUT2D eigenvalue weighted by Crippen LogP contribution is 2.29. The second-order valence-corrected chi connectivity index (χ2v) is 6.99. The predicted molar refractivity (Wildman–Crippen MR) is 78.0 cm³/mol. The van der Waals surface area contributed by atoms with E-state index in [1.54, 1.807) is 0 Å². The van der Waals surface area contributed by atoms with Crippen LogP contribution in [0.15, 0.2) is 0 Å². The van der Waals surface area contributed by atoms with Gasteiger partial charge < -0.3 is 15.1 Å². The van der Waals surface area contributed by atoms with Gasteiger partial charge in [-0.05, 0) is 57.8 Å². The maximum Gasteiger partial charge on any atom is 0.0218 e. The highest BCUT2D eigenvalue weighted by molar-refractivity contribution is 4.80. The van der Waals surface area contributed by atoms with Crippen molar-refractivity contribution in [2.24, 2.45) is 5.41 Å². The lowest BCUT2D eigenvalue weighted by Gasteiger charge is -2.38. The van der Waals surface area contributed by atoms with Gasteiger partial charge in [0, 0.05) is 25.7 Å². The molecule has 0 spiro atoms. The first kappa shape index (κ1) is 14.3. The summed E-state index contributed by atoms with van der Waals surface area (Å²) in [7, 11) is 2.30. The minimum absolute atomic E-state index is 0.579. The van der Waals surface area contributed by atoms with Crippen LogP contribution < -0.4 is 5.32 Å². The third-order valence-electron chi connectivity index (χ3n) is 4.87. The molecule has 2 aliphatic rings. The molecule has 2 aliphatic heterocycles. The maximum atomic E-state index is 3.51. The molecule has 0 aromatic heterocycles. The monoisotopic (exact) mass is 253 g/mol. The van der Waals surface area contributed by atoms with Crippen molar-refractivity contribution in [1.29, 1.82) is 0 Å². The second kappa shape index (κ2) is 6.36. The molecule has 2 heterocycles. The van der Waals surface area contributed by atoms with Crippen LogP contribution in [0.3, 0.4) is 0 Å². The molecule has 18 heavy (non-hydrogen) atoms. The second-order valence-electron chi connectivity index (χ2n) is 6.99. The lowest BCUT2D eigenvalue weighted by Crippen LogP contribution is -2.47. The van der Waals surface area contributed by atoms with E-state index in [0.717, 1.165) is 6.04 Å². The summed E-state index contributed by atoms with van der Waals surface area (Å²) in [5, 5.41) is 3.51. The fourth-order valence-electron chi connectivity index (χ4n) is 3.07. The highest BCUT2D eigenvalue weighted by Gasteiger charge is 2.25. The molecule has 106 valence electrons. The van der Waals surface area contributed by atoms with Crippen molar-refractivity contribution in [3.63, 3.8) is 0 Å². The summed E-state index contributed by atoms with van der Waals surface area (Å²) in [5.74, 6) is 0. The quantitative estimate of drug-likeness (QED) is 0.824. The first-order chi connectivity index (χ1) is 8.57. The van der Waals surface area contributed by atoms with E-state index in [4.69, 9.17) is 0 Å². The minimum Gasteiger partial charge on any atom is -0.315 e. The van der Waals surface area contributed by atoms with Crippen LogP contribution in [0.5, 0.6) is 0 Å². The number of nitrogens with one attached hydrogen (secondary N) is 1. The molecule has 1 atom stereocenters. The third-order valence-corrected chi connectivity index (χ3v) is 4.87. The Morgan fingerprint density at radius 2 is 2.00 bits per heavy atom. The van der Waals surface area contributed by atoms with Gasteiger partial charge in [-0.3, -0.25) is 0 Å². The largest absolute Gasteiger partial charge is 0.315 e. The van der Waals surface area contributed by atoms with Crippen LogP contribution in [0.4, 0.5) is 0 Å². The van der Waals surface area contributed by atoms with Gasteiger partial charge in [0.15, 0.2) is 0 Å². The molecule has 0 aliphatic carbocycles. The Morgan fingerprint density at radius 1 is 1.28 bits per heavy atom. The van der Waals surface area contributed by atoms with E-state index < -0.39 is 0 Å². The summed E-state index contributed by atoms with van der Waals surface area (Å²) >= 11 is 0. The molecule has 3 heteroatoms. The average Bonchev–Trinajstić information content (AvgIpc) is 2.38. The van der Waals surface area contributed by atoms with Crippen LogP contribution in [0.25, 0.3) is 0 Å². The van der Waals surface area contributed by atoms with Crippen LogP contribution in [0.2, 0.25) is 0 Å². The molecule has 2 saturated heterocycles. The number of piperidine rings is 2. The summed E-state index contributed by atoms with van der Waals surface area (Å²) in [6.45, 7) is 12.3. The summed E-state index contributed by atoms with van der Waals surface area (Å²) in [6, 6.07) is 0.764. The molecule has 2 rings (SSSR count). The summed E-state index contributed by atoms with van der Waals surface area (Å²) in [6.07, 6.45) is 5.44. The number of hydrogen-bond donors (Lipinski definition) is 1. The predicted octanol–water partition coefficient (Wildman–Crippen LogP) is 1.79. The maximum absolute atomic E-state index is 3.51. The van der Waals surface area contributed by atoms with Gasteiger partial charge in [-0.15, -0.1) is 0 Å². The zero-order valence-corrected chi connectivity index (χ0v) is 12.5. The molecule has 0 amide bonds. The van der Waals surface area contributed by atoms with E-state index in [1.807, 2.05) is 0 Å². The van der Waals surface area contributed by atoms with Gasteiger partial charge in [0.2, 0.25) is 0 Å². The molecule has 0 aromatic rings. The third kappa shape index (κ3) is 4.22. The van der Waals surface area contributed by atoms with Crippen molar-refractivity contribution in [2.75, 3.05) is 46.3 Å². The van der Waals surface area contributed by atoms with Gasteiger partial charge in [0.25, 0.3) is 0 Å². The van der Waals surface area contributed by atoms with E-state index in [0.29, 0.717) is 5.41 Å². The first-order valence-electron chi connectivity index (χ1n) is 7.70. The first-order valence-corrected chi connectivity index (χ1v) is 7.70. The normalized spacial score (nSPS) is 29.7. The van der Waals surface area contributed by atoms with E-state index in [-0.39, 0.29) is 0 Å². The molecule has 0 aromatic carbocycles. The Balaban J connectivity index is 1.65. The van der Waals surface area contributed by atoms with Crippen molar-refractivity contribution < 1.29 is 0 Å². The number of likely N-dealkylation sites (tertiary alicyclic amines) is 1. The molecule has 0 saturated carbocycles. The SMILES string of the molecule is CN(CCN1CCC(C)(C)CC1)C1CCCNC1. The smallest absolute Gasteiger partial charge is 0.0218 e. The fraction of sp³-hybridized carbons (Fsp3) is 1.00. The molecular weight excluding hydrogens is 222 g/mol. The van der Waals surface area contributed by atoms with E-state index in [9.17, 15) is 0 Å². The zero-order valence-electron chi connectivity index (χ0n) is 12.5. The van der Waals surface area contributed by atoms with Crippen molar-refractivity contribution in [3.8, 4) is 0 Å². The van der Waals surface area contributed by atoms with Crippen molar-refractivity contribution in [1.82, 2.24) is 15.1 Å². The highest BCUT2D eigenvalue weighted by atomic mass is 15.2. The molecule has 3 nitrogen and oxygen atoms in total. The summed E-state index contributed by atoms with van der Waals surface area (Å²) in [5.41, 5.74) is 0.579. The van der Waals surface area contributed by atoms with Crippen LogP contribution in [-0.2, 0) is 0 Å². The Morgan fingerprint density at radius 3 is 2.61 bits per heavy atom. The van der Waals surface area contributed by atoms with E-state index >= 15 is 0 Å². The molecule has 0 radical (unpaired) electrons. The zero-order chi connectivity index (χ0) is 13.0. The van der Waals surface area contributed by atoms with Crippen molar-refractivity contribution in [3.05, 3.63) is 0 Å². The van der Waals surface area contributed by atoms with Crippen LogP contribution in [-0.4, -0.2) is 62.2 Å². The molecule has 0 bridgehead atoms. The topological polar surface area (TPSA) is 18.5 Å². The Bertz CT molecular complexity index is 236. The van der Waals surface area contributed by atoms with Gasteiger partial charge in [-0.1, -0.05) is 13.8 Å². The van der Waals surface area contributed by atoms with Gasteiger partial charge in [0.05, 0.1) is 0 Å². The van der Waals surface area contributed by atoms with Crippen LogP contribution in [0, 0.1) is 5.41 Å². The van der Waals surface area contributed by atoms with Gasteiger partial charge in [0.1, 0.15) is 0 Å². The van der Waals surface area contributed by atoms with Crippen LogP contribution in [0.1, 0.15) is 39.5 Å². The van der Waals surface area contributed by atoms with E-state index in [1.165, 1.54) is 65.0 Å². The van der Waals surface area contributed by atoms with E-state index in [2.05, 4.69) is 36.0 Å². The van der Waals surface area contributed by atoms with Crippen LogP contribution >= 0.6 is 0 Å². The number of likely N-dealkylation sites (N-methyl/N-ethyl adjacent to an activating group) is 1. The van der Waals surface area contributed by atoms with Gasteiger partial charge in [-0.2, -0.15) is 0 Å². The Hall–Kier alpha value is -0.120. The summed E-state index contributed by atoms with van der Waals surface area (Å²) < 4.78 is 0. The summed E-state index contributed by atoms with van der Waals surface area (Å²) in [4.78, 5) is 5.21. The van der Waals surface area contributed by atoms with Gasteiger partial charge in [-0.25, -0.2) is 0 Å². The lowest BCUT2D eigenvalue weighted by molar-refractivity contribution is 0.110. The standard InChI is InChI=1S/C15H31N3/c1-15(2)6-9-18(10-7-15)12-11-17(3)14-5-4-8-16-13-14/h14,16H,4-13H2,1-3H3. The van der Waals surface area contributed by atoms with Gasteiger partial charge >= 0.3 is 0 Å². The molecule has 2 fully saturated rings. The fourth-order valence-corrected chi connectivity index (χ4v) is 3.07. The minimum atomic E-state index is 0.579. The number of rotatable bonds is 4. The molecule has 1 N–H and O–H groups in total. The lowest BCUT2D eigenvalue weighted by atomic mass is 9.83.